The molecule has 4 rings (SSSR count). The second-order valence-electron chi connectivity index (χ2n) is 6.45. The van der Waals surface area contributed by atoms with Gasteiger partial charge in [0.05, 0.1) is 17.9 Å². The number of aromatic nitrogens is 5. The van der Waals surface area contributed by atoms with Gasteiger partial charge in [0.2, 0.25) is 11.6 Å². The van der Waals surface area contributed by atoms with Gasteiger partial charge in [-0.1, -0.05) is 47.7 Å². The Hall–Kier alpha value is -4.52. The van der Waals surface area contributed by atoms with Gasteiger partial charge in [0, 0.05) is 21.8 Å². The van der Waals surface area contributed by atoms with Crippen LogP contribution in [0.4, 0.5) is 5.82 Å². The first-order chi connectivity index (χ1) is 16.0. The molecule has 0 aliphatic heterocycles. The number of benzene rings is 2. The number of hydrogen-bond acceptors (Lipinski definition) is 11. The fraction of sp³-hybridized carbons (Fsp3) is 0.0500. The molecule has 0 aliphatic carbocycles. The van der Waals surface area contributed by atoms with Gasteiger partial charge in [0.15, 0.2) is 5.69 Å². The summed E-state index contributed by atoms with van der Waals surface area (Å²) in [6, 6.07) is 15.6. The van der Waals surface area contributed by atoms with E-state index in [0.717, 1.165) is 4.90 Å². The van der Waals surface area contributed by atoms with Gasteiger partial charge in [0.1, 0.15) is 0 Å². The summed E-state index contributed by atoms with van der Waals surface area (Å²) in [5, 5.41) is 30.2. The molecular weight excluding hydrogens is 448 g/mol. The van der Waals surface area contributed by atoms with Gasteiger partial charge in [-0.3, -0.25) is 4.79 Å². The predicted octanol–water partition coefficient (Wildman–Crippen LogP) is 0.652. The summed E-state index contributed by atoms with van der Waals surface area (Å²) in [5.41, 5.74) is 8.67. The van der Waals surface area contributed by atoms with Crippen molar-refractivity contribution in [3.63, 3.8) is 0 Å². The van der Waals surface area contributed by atoms with Crippen LogP contribution in [-0.4, -0.2) is 43.4 Å². The summed E-state index contributed by atoms with van der Waals surface area (Å²) < 4.78 is 5.90. The zero-order chi connectivity index (χ0) is 23.2. The minimum absolute atomic E-state index is 0.0188. The van der Waals surface area contributed by atoms with Gasteiger partial charge >= 0.3 is 0 Å². The Morgan fingerprint density at radius 3 is 2.64 bits per heavy atom. The molecule has 2 aromatic heterocycles. The molecule has 0 unspecified atom stereocenters. The Morgan fingerprint density at radius 1 is 1.15 bits per heavy atom. The molecule has 1 amide bonds. The highest BCUT2D eigenvalue weighted by molar-refractivity contribution is 7.98. The van der Waals surface area contributed by atoms with Gasteiger partial charge in [0.25, 0.3) is 5.91 Å². The van der Waals surface area contributed by atoms with Crippen LogP contribution in [0.3, 0.4) is 0 Å². The van der Waals surface area contributed by atoms with Crippen molar-refractivity contribution in [3.8, 4) is 5.82 Å². The third-order valence-electron chi connectivity index (χ3n) is 4.34. The van der Waals surface area contributed by atoms with Crippen molar-refractivity contribution in [2.24, 2.45) is 5.10 Å². The number of nitrogens with one attached hydrogen (secondary N) is 1. The van der Waals surface area contributed by atoms with Crippen LogP contribution < -0.4 is 16.3 Å². The molecule has 2 heterocycles. The van der Waals surface area contributed by atoms with Gasteiger partial charge in [-0.05, 0) is 22.4 Å². The fourth-order valence-electron chi connectivity index (χ4n) is 2.79. The third kappa shape index (κ3) is 4.88. The van der Waals surface area contributed by atoms with E-state index in [1.807, 2.05) is 30.3 Å². The van der Waals surface area contributed by atoms with Gasteiger partial charge in [-0.15, -0.1) is 16.9 Å². The lowest BCUT2D eigenvalue weighted by Gasteiger charge is -2.06. The number of carboxylic acids is 1. The van der Waals surface area contributed by atoms with Crippen molar-refractivity contribution in [2.75, 3.05) is 5.73 Å². The van der Waals surface area contributed by atoms with E-state index in [1.165, 1.54) is 34.8 Å². The van der Waals surface area contributed by atoms with Crippen molar-refractivity contribution in [2.45, 2.75) is 10.6 Å². The number of rotatable bonds is 8. The molecule has 2 aromatic carbocycles. The van der Waals surface area contributed by atoms with E-state index in [4.69, 9.17) is 5.73 Å². The van der Waals surface area contributed by atoms with Crippen LogP contribution in [0.1, 0.15) is 32.1 Å². The molecule has 3 N–H and O–H groups in total. The van der Waals surface area contributed by atoms with E-state index in [1.54, 1.807) is 12.1 Å². The third-order valence-corrected chi connectivity index (χ3v) is 5.37. The van der Waals surface area contributed by atoms with E-state index < -0.39 is 11.9 Å². The molecule has 0 saturated carbocycles. The molecule has 166 valence electrons. The number of carbonyl (C=O) groups is 2. The Kier molecular flexibility index (Phi) is 6.40. The number of nitrogen functional groups attached to an aromatic ring is 1. The van der Waals surface area contributed by atoms with E-state index in [0.29, 0.717) is 11.4 Å². The minimum Gasteiger partial charge on any atom is -0.545 e. The normalized spacial score (nSPS) is 11.0. The molecule has 13 heteroatoms. The maximum atomic E-state index is 12.8. The maximum absolute atomic E-state index is 12.8. The topological polar surface area (TPSA) is 177 Å². The van der Waals surface area contributed by atoms with Crippen LogP contribution in [0.2, 0.25) is 0 Å². The summed E-state index contributed by atoms with van der Waals surface area (Å²) in [6.45, 7) is 0. The molecule has 12 nitrogen and oxygen atoms in total. The van der Waals surface area contributed by atoms with Crippen LogP contribution in [0, 0.1) is 0 Å². The molecule has 4 aromatic rings. The van der Waals surface area contributed by atoms with Crippen molar-refractivity contribution in [3.05, 3.63) is 77.1 Å². The first-order valence-corrected chi connectivity index (χ1v) is 10.4. The number of nitrogens with zero attached hydrogens (tertiary/aromatic N) is 6. The van der Waals surface area contributed by atoms with Crippen LogP contribution in [0.15, 0.2) is 69.2 Å². The lowest BCUT2D eigenvalue weighted by Crippen LogP contribution is -2.24. The zero-order valence-electron chi connectivity index (χ0n) is 16.8. The van der Waals surface area contributed by atoms with E-state index in [2.05, 4.69) is 35.8 Å². The van der Waals surface area contributed by atoms with Crippen molar-refractivity contribution in [1.29, 1.82) is 0 Å². The Bertz CT molecular complexity index is 1320. The lowest BCUT2D eigenvalue weighted by molar-refractivity contribution is -0.255. The average Bonchev–Trinajstić information content (AvgIpc) is 3.44. The van der Waals surface area contributed by atoms with Gasteiger partial charge in [-0.2, -0.15) is 9.78 Å². The first kappa shape index (κ1) is 21.7. The molecule has 33 heavy (non-hydrogen) atoms. The molecule has 0 bridgehead atoms. The van der Waals surface area contributed by atoms with Crippen LogP contribution in [0.25, 0.3) is 5.82 Å². The number of amides is 1. The Balaban J connectivity index is 1.59. The highest BCUT2D eigenvalue weighted by atomic mass is 32.2. The quantitative estimate of drug-likeness (QED) is 0.214. The maximum Gasteiger partial charge on any atom is 0.293 e. The number of thioether (sulfide) groups is 1. The monoisotopic (exact) mass is 463 g/mol. The second kappa shape index (κ2) is 9.74. The van der Waals surface area contributed by atoms with Crippen LogP contribution >= 0.6 is 11.8 Å². The van der Waals surface area contributed by atoms with E-state index >= 15 is 0 Å². The molecule has 0 saturated heterocycles. The second-order valence-corrected chi connectivity index (χ2v) is 7.49. The number of carboxylic acid groups (broad SMARTS) is 1. The number of carbonyl (C=O) groups excluding carboxylic acids is 2. The highest BCUT2D eigenvalue weighted by Gasteiger charge is 2.24. The Morgan fingerprint density at radius 2 is 1.91 bits per heavy atom. The summed E-state index contributed by atoms with van der Waals surface area (Å²) in [4.78, 5) is 24.9. The average molecular weight is 463 g/mol. The largest absolute Gasteiger partial charge is 0.545 e. The smallest absolute Gasteiger partial charge is 0.293 e. The summed E-state index contributed by atoms with van der Waals surface area (Å²) in [6.07, 6.45) is 1.20. The van der Waals surface area contributed by atoms with E-state index in [9.17, 15) is 14.7 Å². The van der Waals surface area contributed by atoms with Gasteiger partial charge < -0.3 is 15.6 Å². The van der Waals surface area contributed by atoms with Gasteiger partial charge in [-0.25, -0.2) is 10.1 Å². The molecule has 0 fully saturated rings. The number of aromatic carboxylic acids is 1. The fourth-order valence-corrected chi connectivity index (χ4v) is 3.70. The van der Waals surface area contributed by atoms with Crippen molar-refractivity contribution < 1.29 is 19.3 Å². The SMILES string of the molecule is Nc1nonc1-n1nnc(C(=O)N/N=C\c2ccccc2C(=O)[O-])c1CSc1ccccc1. The number of anilines is 1. The molecule has 0 spiro atoms. The first-order valence-electron chi connectivity index (χ1n) is 9.39. The standard InChI is InChI=1S/C20H16N8O4S/c21-17-18(26-32-25-17)28-15(11-33-13-7-2-1-3-8-13)16(23-27-28)19(29)24-22-10-12-6-4-5-9-14(12)20(30)31/h1-10H,11H2,(H2,21,25)(H,24,29)(H,30,31)/p-1/b22-10-. The summed E-state index contributed by atoms with van der Waals surface area (Å²) in [5.74, 6) is -1.65. The zero-order valence-corrected chi connectivity index (χ0v) is 17.6. The van der Waals surface area contributed by atoms with Crippen LogP contribution in [0.5, 0.6) is 0 Å². The number of hydrazone groups is 1. The predicted molar refractivity (Wildman–Crippen MR) is 115 cm³/mol. The van der Waals surface area contributed by atoms with Crippen LogP contribution in [-0.2, 0) is 5.75 Å². The summed E-state index contributed by atoms with van der Waals surface area (Å²) in [7, 11) is 0. The summed E-state index contributed by atoms with van der Waals surface area (Å²) >= 11 is 1.44. The number of nitrogens with two attached hydrogens (primary N) is 1. The molecule has 0 atom stereocenters. The molecule has 0 radical (unpaired) electrons. The molecular formula is C20H15N8O4S-. The lowest BCUT2D eigenvalue weighted by atomic mass is 10.1. The van der Waals surface area contributed by atoms with Crippen molar-refractivity contribution in [1.82, 2.24) is 30.7 Å². The minimum atomic E-state index is -1.36. The highest BCUT2D eigenvalue weighted by Crippen LogP contribution is 2.25. The molecule has 0 aliphatic rings. The number of hydrogen-bond donors (Lipinski definition) is 2. The van der Waals surface area contributed by atoms with Crippen molar-refractivity contribution >= 4 is 35.7 Å². The Labute approximate surface area is 190 Å². The van der Waals surface area contributed by atoms with E-state index in [-0.39, 0.29) is 28.5 Å².